The van der Waals surface area contributed by atoms with Gasteiger partial charge in [-0.2, -0.15) is 11.3 Å². The van der Waals surface area contributed by atoms with Crippen molar-refractivity contribution in [1.29, 1.82) is 0 Å². The third kappa shape index (κ3) is 7.78. The molecule has 8 nitrogen and oxygen atoms in total. The number of thiophene rings is 1. The molecule has 0 bridgehead atoms. The van der Waals surface area contributed by atoms with E-state index in [1.54, 1.807) is 42.5 Å². The molecule has 2 heterocycles. The summed E-state index contributed by atoms with van der Waals surface area (Å²) < 4.78 is 0. The molecule has 0 saturated carbocycles. The molecule has 0 spiro atoms. The van der Waals surface area contributed by atoms with Crippen LogP contribution in [0.25, 0.3) is 6.08 Å². The molecule has 0 aliphatic heterocycles. The average Bonchev–Trinajstić information content (AvgIpc) is 3.68. The minimum atomic E-state index is -0.538. The van der Waals surface area contributed by atoms with Crippen molar-refractivity contribution in [3.8, 4) is 0 Å². The molecule has 3 amide bonds. The summed E-state index contributed by atoms with van der Waals surface area (Å²) in [5, 5.41) is 20.9. The maximum absolute atomic E-state index is 13.3. The maximum atomic E-state index is 13.3. The van der Waals surface area contributed by atoms with Gasteiger partial charge in [-0.15, -0.1) is 22.0 Å². The summed E-state index contributed by atoms with van der Waals surface area (Å²) in [6.07, 6.45) is 1.64. The number of nitrogens with one attached hydrogen (secondary N) is 3. The molecular weight excluding hydrogens is 587 g/mol. The second-order valence-electron chi connectivity index (χ2n) is 8.94. The van der Waals surface area contributed by atoms with Gasteiger partial charge in [0, 0.05) is 16.1 Å². The number of carbonyl (C=O) groups is 3. The van der Waals surface area contributed by atoms with Crippen LogP contribution in [0.4, 0.5) is 10.8 Å². The minimum Gasteiger partial charge on any atom is -0.321 e. The second-order valence-corrected chi connectivity index (χ2v) is 12.1. The Morgan fingerprint density at radius 3 is 2.21 bits per heavy atom. The van der Waals surface area contributed by atoms with Crippen molar-refractivity contribution in [1.82, 2.24) is 15.5 Å². The van der Waals surface area contributed by atoms with E-state index in [4.69, 9.17) is 0 Å². The van der Waals surface area contributed by atoms with Gasteiger partial charge < -0.3 is 10.6 Å². The van der Waals surface area contributed by atoms with Crippen molar-refractivity contribution in [3.05, 3.63) is 129 Å². The Balaban J connectivity index is 1.30. The first kappa shape index (κ1) is 28.9. The Hall–Kier alpha value is -4.58. The van der Waals surface area contributed by atoms with Gasteiger partial charge in [0.05, 0.1) is 0 Å². The maximum Gasteiger partial charge on any atom is 0.272 e. The number of carbonyl (C=O) groups excluding carboxylic acids is 3. The van der Waals surface area contributed by atoms with Gasteiger partial charge >= 0.3 is 0 Å². The zero-order valence-corrected chi connectivity index (χ0v) is 24.8. The van der Waals surface area contributed by atoms with E-state index in [0.29, 0.717) is 16.4 Å². The van der Waals surface area contributed by atoms with Gasteiger partial charge in [-0.25, -0.2) is 0 Å². The highest BCUT2D eigenvalue weighted by molar-refractivity contribution is 8.00. The third-order valence-corrected chi connectivity index (χ3v) is 8.57. The Kier molecular flexibility index (Phi) is 9.55. The van der Waals surface area contributed by atoms with Crippen LogP contribution in [0.1, 0.15) is 31.7 Å². The van der Waals surface area contributed by atoms with Crippen LogP contribution in [-0.4, -0.2) is 27.9 Å². The van der Waals surface area contributed by atoms with Gasteiger partial charge in [0.2, 0.25) is 11.0 Å². The first-order valence-corrected chi connectivity index (χ1v) is 15.4. The summed E-state index contributed by atoms with van der Waals surface area (Å²) in [7, 11) is 0. The Labute approximate surface area is 254 Å². The lowest BCUT2D eigenvalue weighted by Crippen LogP contribution is -2.30. The molecule has 2 aromatic heterocycles. The molecule has 3 aromatic carbocycles. The summed E-state index contributed by atoms with van der Waals surface area (Å²) in [6.45, 7) is 1.83. The molecule has 5 rings (SSSR count). The summed E-state index contributed by atoms with van der Waals surface area (Å²) in [6, 6.07) is 27.3. The molecule has 210 valence electrons. The van der Waals surface area contributed by atoms with Gasteiger partial charge in [-0.05, 0) is 77.4 Å². The molecule has 5 aromatic rings. The first-order valence-electron chi connectivity index (χ1n) is 12.8. The number of nitrogens with zero attached hydrogens (tertiary/aromatic N) is 2. The SMILES string of the molecule is Cc1nnc(NC(=O)C(Sc2ccc(NC(=O)/C(=C/c3ccsc3)NC(=O)c3ccccc3)cc2)c2ccccc2)s1. The van der Waals surface area contributed by atoms with Crippen LogP contribution >= 0.6 is 34.4 Å². The number of rotatable bonds is 10. The quantitative estimate of drug-likeness (QED) is 0.118. The van der Waals surface area contributed by atoms with Gasteiger partial charge in [0.1, 0.15) is 16.0 Å². The number of thioether (sulfide) groups is 1. The van der Waals surface area contributed by atoms with Gasteiger partial charge in [0.15, 0.2) is 0 Å². The van der Waals surface area contributed by atoms with E-state index in [-0.39, 0.29) is 17.5 Å². The van der Waals surface area contributed by atoms with Crippen LogP contribution in [0.3, 0.4) is 0 Å². The molecule has 1 atom stereocenters. The summed E-state index contributed by atoms with van der Waals surface area (Å²) >= 11 is 4.19. The van der Waals surface area contributed by atoms with Gasteiger partial charge in [0.25, 0.3) is 11.8 Å². The van der Waals surface area contributed by atoms with Gasteiger partial charge in [-0.1, -0.05) is 59.9 Å². The molecule has 0 aliphatic carbocycles. The summed E-state index contributed by atoms with van der Waals surface area (Å²) in [4.78, 5) is 40.1. The van der Waals surface area contributed by atoms with E-state index in [2.05, 4.69) is 26.1 Å². The van der Waals surface area contributed by atoms with Crippen molar-refractivity contribution in [2.75, 3.05) is 10.6 Å². The average molecular weight is 612 g/mol. The number of hydrogen-bond acceptors (Lipinski definition) is 8. The smallest absolute Gasteiger partial charge is 0.272 e. The Morgan fingerprint density at radius 2 is 1.57 bits per heavy atom. The molecule has 11 heteroatoms. The highest BCUT2D eigenvalue weighted by atomic mass is 32.2. The minimum absolute atomic E-state index is 0.119. The molecule has 0 saturated heterocycles. The number of aryl methyl sites for hydroxylation is 1. The van der Waals surface area contributed by atoms with E-state index < -0.39 is 11.2 Å². The number of amides is 3. The molecule has 0 radical (unpaired) electrons. The number of benzene rings is 3. The van der Waals surface area contributed by atoms with Crippen LogP contribution in [0.2, 0.25) is 0 Å². The fourth-order valence-corrected chi connectivity index (χ4v) is 6.07. The normalized spacial score (nSPS) is 11.9. The van der Waals surface area contributed by atoms with Crippen molar-refractivity contribution >= 4 is 69.1 Å². The van der Waals surface area contributed by atoms with Gasteiger partial charge in [-0.3, -0.25) is 19.7 Å². The standard InChI is InChI=1S/C31H25N5O3S3/c1-20-35-36-31(41-20)34-30(39)27(22-8-4-2-5-9-22)42-25-14-12-24(13-15-25)32-29(38)26(18-21-16-17-40-19-21)33-28(37)23-10-6-3-7-11-23/h2-19,27H,1H3,(H,32,38)(H,33,37)(H,34,36,39)/b26-18-. The van der Waals surface area contributed by atoms with Crippen molar-refractivity contribution in [2.24, 2.45) is 0 Å². The number of hydrogen-bond donors (Lipinski definition) is 3. The molecular formula is C31H25N5O3S3. The Bertz CT molecular complexity index is 1690. The van der Waals surface area contributed by atoms with Crippen LogP contribution in [0.5, 0.6) is 0 Å². The monoisotopic (exact) mass is 611 g/mol. The molecule has 0 aliphatic rings. The van der Waals surface area contributed by atoms with E-state index >= 15 is 0 Å². The van der Waals surface area contributed by atoms with Crippen LogP contribution in [0, 0.1) is 6.92 Å². The predicted octanol–water partition coefficient (Wildman–Crippen LogP) is 6.79. The number of anilines is 2. The zero-order chi connectivity index (χ0) is 29.3. The van der Waals surface area contributed by atoms with E-state index in [1.807, 2.05) is 72.3 Å². The highest BCUT2D eigenvalue weighted by Crippen LogP contribution is 2.37. The Morgan fingerprint density at radius 1 is 0.857 bits per heavy atom. The lowest BCUT2D eigenvalue weighted by Gasteiger charge is -2.16. The fraction of sp³-hybridized carbons (Fsp3) is 0.0645. The molecule has 1 unspecified atom stereocenters. The van der Waals surface area contributed by atoms with Crippen molar-refractivity contribution < 1.29 is 14.4 Å². The topological polar surface area (TPSA) is 113 Å². The molecule has 0 fully saturated rings. The van der Waals surface area contributed by atoms with Crippen LogP contribution in [0.15, 0.2) is 112 Å². The highest BCUT2D eigenvalue weighted by Gasteiger charge is 2.23. The zero-order valence-electron chi connectivity index (χ0n) is 22.3. The van der Waals surface area contributed by atoms with E-state index in [0.717, 1.165) is 21.0 Å². The lowest BCUT2D eigenvalue weighted by molar-refractivity contribution is -0.116. The third-order valence-electron chi connectivity index (χ3n) is 5.85. The summed E-state index contributed by atoms with van der Waals surface area (Å²) in [5.74, 6) is -1.05. The van der Waals surface area contributed by atoms with E-state index in [1.165, 1.54) is 34.4 Å². The largest absolute Gasteiger partial charge is 0.321 e. The number of aromatic nitrogens is 2. The molecule has 42 heavy (non-hydrogen) atoms. The van der Waals surface area contributed by atoms with Crippen LogP contribution in [-0.2, 0) is 9.59 Å². The molecule has 3 N–H and O–H groups in total. The van der Waals surface area contributed by atoms with Crippen molar-refractivity contribution in [3.63, 3.8) is 0 Å². The summed E-state index contributed by atoms with van der Waals surface area (Å²) in [5.41, 5.74) is 2.75. The lowest BCUT2D eigenvalue weighted by atomic mass is 10.1. The van der Waals surface area contributed by atoms with Crippen LogP contribution < -0.4 is 16.0 Å². The predicted molar refractivity (Wildman–Crippen MR) is 170 cm³/mol. The second kappa shape index (κ2) is 13.9. The first-order chi connectivity index (χ1) is 20.4. The van der Waals surface area contributed by atoms with E-state index in [9.17, 15) is 14.4 Å². The van der Waals surface area contributed by atoms with Crippen molar-refractivity contribution in [2.45, 2.75) is 17.1 Å². The fourth-order valence-electron chi connectivity index (χ4n) is 3.84.